The number of nitrogens with one attached hydrogen (secondary N) is 3. The summed E-state index contributed by atoms with van der Waals surface area (Å²) in [4.78, 5) is 80.8. The third-order valence-electron chi connectivity index (χ3n) is 3.88. The van der Waals surface area contributed by atoms with Gasteiger partial charge in [0.2, 0.25) is 29.5 Å². The second-order valence-electron chi connectivity index (χ2n) is 6.58. The molecule has 16 nitrogen and oxygen atoms in total. The largest absolute Gasteiger partial charge is 0.481 e. The maximum Gasteiger partial charge on any atom is 0.328 e. The van der Waals surface area contributed by atoms with Crippen molar-refractivity contribution in [2.24, 2.45) is 17.2 Å². The number of aliphatic hydroxyl groups excluding tert-OH is 1. The van der Waals surface area contributed by atoms with Crippen molar-refractivity contribution in [2.45, 2.75) is 49.9 Å². The van der Waals surface area contributed by atoms with Gasteiger partial charge in [-0.2, -0.15) is 0 Å². The van der Waals surface area contributed by atoms with Crippen molar-refractivity contribution < 1.29 is 48.9 Å². The van der Waals surface area contributed by atoms with E-state index in [1.54, 1.807) is 0 Å². The number of carbonyl (C=O) groups is 7. The standard InChI is InChI=1S/C16H26N6O10/c17-6(3-11(19)25)13(28)20-7(1-2-10(18)24)14(29)21-8(4-12(26)27)15(30)22-9(5-23)16(31)32/h6-9,23H,1-5,17H2,(H2,18,24)(H2,19,25)(H,20,28)(H,21,29)(H,22,30)(H,26,27)(H,31,32). The highest BCUT2D eigenvalue weighted by Crippen LogP contribution is 2.03. The number of rotatable bonds is 15. The molecule has 0 aromatic rings. The molecule has 4 atom stereocenters. The van der Waals surface area contributed by atoms with Gasteiger partial charge in [0, 0.05) is 6.42 Å². The fourth-order valence-corrected chi connectivity index (χ4v) is 2.26. The third kappa shape index (κ3) is 10.8. The highest BCUT2D eigenvalue weighted by molar-refractivity contribution is 5.96. The normalized spacial score (nSPS) is 14.2. The lowest BCUT2D eigenvalue weighted by Crippen LogP contribution is -2.58. The summed E-state index contributed by atoms with van der Waals surface area (Å²) >= 11 is 0. The van der Waals surface area contributed by atoms with Gasteiger partial charge in [-0.25, -0.2) is 4.79 Å². The molecule has 0 bridgehead atoms. The van der Waals surface area contributed by atoms with Crippen molar-refractivity contribution in [1.29, 1.82) is 0 Å². The fraction of sp³-hybridized carbons (Fsp3) is 0.562. The van der Waals surface area contributed by atoms with Crippen LogP contribution in [0.2, 0.25) is 0 Å². The van der Waals surface area contributed by atoms with Crippen LogP contribution in [0, 0.1) is 0 Å². The van der Waals surface area contributed by atoms with Crippen LogP contribution in [0.1, 0.15) is 25.7 Å². The van der Waals surface area contributed by atoms with Gasteiger partial charge in [-0.15, -0.1) is 0 Å². The highest BCUT2D eigenvalue weighted by atomic mass is 16.4. The van der Waals surface area contributed by atoms with Crippen LogP contribution in [0.25, 0.3) is 0 Å². The first-order valence-electron chi connectivity index (χ1n) is 9.07. The van der Waals surface area contributed by atoms with Crippen LogP contribution in [0.3, 0.4) is 0 Å². The number of primary amides is 2. The minimum absolute atomic E-state index is 0.369. The summed E-state index contributed by atoms with van der Waals surface area (Å²) < 4.78 is 0. The third-order valence-corrected chi connectivity index (χ3v) is 3.88. The van der Waals surface area contributed by atoms with E-state index >= 15 is 0 Å². The molecule has 0 fully saturated rings. The van der Waals surface area contributed by atoms with Gasteiger partial charge in [-0.1, -0.05) is 0 Å². The number of amides is 5. The lowest BCUT2D eigenvalue weighted by atomic mass is 10.1. The molecule has 12 N–H and O–H groups in total. The molecule has 32 heavy (non-hydrogen) atoms. The average Bonchev–Trinajstić information content (AvgIpc) is 2.66. The Morgan fingerprint density at radius 2 is 1.22 bits per heavy atom. The summed E-state index contributed by atoms with van der Waals surface area (Å²) in [6, 6.07) is -6.53. The van der Waals surface area contributed by atoms with Gasteiger partial charge in [0.1, 0.15) is 18.1 Å². The number of nitrogens with two attached hydrogens (primary N) is 3. The summed E-state index contributed by atoms with van der Waals surface area (Å²) in [6.45, 7) is -1.01. The maximum absolute atomic E-state index is 12.6. The molecule has 5 amide bonds. The molecule has 0 aliphatic rings. The first-order chi connectivity index (χ1) is 14.8. The van der Waals surface area contributed by atoms with Gasteiger partial charge in [0.15, 0.2) is 0 Å². The number of carboxylic acids is 2. The number of hydrogen-bond acceptors (Lipinski definition) is 9. The monoisotopic (exact) mass is 462 g/mol. The molecule has 0 aliphatic heterocycles. The predicted octanol–water partition coefficient (Wildman–Crippen LogP) is -5.54. The summed E-state index contributed by atoms with van der Waals surface area (Å²) in [5.74, 6) is -8.26. The van der Waals surface area contributed by atoms with Crippen molar-refractivity contribution >= 4 is 41.5 Å². The van der Waals surface area contributed by atoms with Crippen molar-refractivity contribution in [2.75, 3.05) is 6.61 Å². The Labute approximate surface area is 180 Å². The van der Waals surface area contributed by atoms with E-state index in [2.05, 4.69) is 5.32 Å². The Morgan fingerprint density at radius 1 is 0.719 bits per heavy atom. The van der Waals surface area contributed by atoms with Crippen LogP contribution in [0.4, 0.5) is 0 Å². The van der Waals surface area contributed by atoms with Crippen LogP contribution < -0.4 is 33.2 Å². The Kier molecular flexibility index (Phi) is 11.9. The Hall–Kier alpha value is -3.79. The molecule has 0 aromatic heterocycles. The summed E-state index contributed by atoms with van der Waals surface area (Å²) in [5.41, 5.74) is 15.4. The van der Waals surface area contributed by atoms with Gasteiger partial charge < -0.3 is 48.5 Å². The molecule has 0 rings (SSSR count). The van der Waals surface area contributed by atoms with Crippen molar-refractivity contribution in [3.8, 4) is 0 Å². The molecule has 0 saturated heterocycles. The van der Waals surface area contributed by atoms with Crippen LogP contribution in [0.15, 0.2) is 0 Å². The van der Waals surface area contributed by atoms with Crippen molar-refractivity contribution in [3.63, 3.8) is 0 Å². The number of carbonyl (C=O) groups excluding carboxylic acids is 5. The van der Waals surface area contributed by atoms with Gasteiger partial charge in [-0.3, -0.25) is 28.8 Å². The van der Waals surface area contributed by atoms with E-state index < -0.39 is 91.5 Å². The average molecular weight is 462 g/mol. The quantitative estimate of drug-likeness (QED) is 0.110. The molecule has 0 heterocycles. The molecular weight excluding hydrogens is 436 g/mol. The van der Waals surface area contributed by atoms with E-state index in [0.29, 0.717) is 0 Å². The Balaban J connectivity index is 5.51. The second kappa shape index (κ2) is 13.5. The zero-order chi connectivity index (χ0) is 25.0. The van der Waals surface area contributed by atoms with Crippen molar-refractivity contribution in [1.82, 2.24) is 16.0 Å². The van der Waals surface area contributed by atoms with Gasteiger partial charge in [-0.05, 0) is 6.42 Å². The second-order valence-corrected chi connectivity index (χ2v) is 6.58. The number of aliphatic carboxylic acids is 2. The van der Waals surface area contributed by atoms with Crippen LogP contribution >= 0.6 is 0 Å². The van der Waals surface area contributed by atoms with Crippen LogP contribution in [-0.4, -0.2) is 87.6 Å². The first-order valence-corrected chi connectivity index (χ1v) is 9.07. The molecule has 180 valence electrons. The topological polar surface area (TPSA) is 294 Å². The summed E-state index contributed by atoms with van der Waals surface area (Å²) in [7, 11) is 0. The Bertz CT molecular complexity index is 758. The van der Waals surface area contributed by atoms with E-state index in [1.165, 1.54) is 0 Å². The van der Waals surface area contributed by atoms with Crippen molar-refractivity contribution in [3.05, 3.63) is 0 Å². The molecular formula is C16H26N6O10. The van der Waals surface area contributed by atoms with Crippen LogP contribution in [0.5, 0.6) is 0 Å². The SMILES string of the molecule is NC(=O)CCC(NC(=O)C(N)CC(N)=O)C(=O)NC(CC(=O)O)C(=O)NC(CO)C(=O)O. The van der Waals surface area contributed by atoms with E-state index in [1.807, 2.05) is 10.6 Å². The first kappa shape index (κ1) is 28.2. The van der Waals surface area contributed by atoms with E-state index in [9.17, 15) is 33.6 Å². The maximum atomic E-state index is 12.6. The minimum Gasteiger partial charge on any atom is -0.481 e. The molecule has 0 aromatic carbocycles. The van der Waals surface area contributed by atoms with Gasteiger partial charge in [0.05, 0.1) is 25.5 Å². The lowest BCUT2D eigenvalue weighted by molar-refractivity contribution is -0.144. The number of carboxylic acid groups (broad SMARTS) is 2. The zero-order valence-electron chi connectivity index (χ0n) is 16.8. The molecule has 0 spiro atoms. The Morgan fingerprint density at radius 3 is 1.66 bits per heavy atom. The zero-order valence-corrected chi connectivity index (χ0v) is 16.8. The summed E-state index contributed by atoms with van der Waals surface area (Å²) in [5, 5.41) is 32.8. The molecule has 0 radical (unpaired) electrons. The van der Waals surface area contributed by atoms with E-state index in [-0.39, 0.29) is 6.42 Å². The molecule has 0 aliphatic carbocycles. The van der Waals surface area contributed by atoms with Gasteiger partial charge in [0.25, 0.3) is 0 Å². The smallest absolute Gasteiger partial charge is 0.328 e. The molecule has 16 heteroatoms. The van der Waals surface area contributed by atoms with Crippen LogP contribution in [-0.2, 0) is 33.6 Å². The number of hydrogen-bond donors (Lipinski definition) is 9. The molecule has 0 saturated carbocycles. The predicted molar refractivity (Wildman–Crippen MR) is 103 cm³/mol. The lowest BCUT2D eigenvalue weighted by Gasteiger charge is -2.24. The fourth-order valence-electron chi connectivity index (χ4n) is 2.26. The number of aliphatic hydroxyl groups is 1. The van der Waals surface area contributed by atoms with E-state index in [0.717, 1.165) is 0 Å². The summed E-state index contributed by atoms with van der Waals surface area (Å²) in [6.07, 6.45) is -2.30. The molecule has 4 unspecified atom stereocenters. The highest BCUT2D eigenvalue weighted by Gasteiger charge is 2.31. The van der Waals surface area contributed by atoms with E-state index in [4.69, 9.17) is 32.5 Å². The van der Waals surface area contributed by atoms with Gasteiger partial charge >= 0.3 is 11.9 Å². The minimum atomic E-state index is -1.80.